The summed E-state index contributed by atoms with van der Waals surface area (Å²) in [6.45, 7) is 9.99. The van der Waals surface area contributed by atoms with Crippen molar-refractivity contribution in [2.24, 2.45) is 11.8 Å². The van der Waals surface area contributed by atoms with Crippen molar-refractivity contribution in [2.75, 3.05) is 26.2 Å². The van der Waals surface area contributed by atoms with E-state index in [0.29, 0.717) is 24.4 Å². The van der Waals surface area contributed by atoms with Gasteiger partial charge in [-0.2, -0.15) is 0 Å². The molecular formula is C17H29N3O. The number of carbonyl (C=O) groups is 1. The molecule has 2 N–H and O–H groups in total. The molecule has 2 aliphatic rings. The third-order valence-corrected chi connectivity index (χ3v) is 5.45. The van der Waals surface area contributed by atoms with Crippen LogP contribution in [0.2, 0.25) is 0 Å². The molecule has 0 saturated carbocycles. The smallest absolute Gasteiger partial charge is 0.235 e. The molecule has 2 fully saturated rings. The largest absolute Gasteiger partial charge is 0.339 e. The molecule has 0 bridgehead atoms. The highest BCUT2D eigenvalue weighted by Gasteiger charge is 2.43. The second-order valence-electron chi connectivity index (χ2n) is 6.47. The number of terminal acetylenes is 1. The summed E-state index contributed by atoms with van der Waals surface area (Å²) in [5, 5.41) is 6.56. The van der Waals surface area contributed by atoms with Crippen LogP contribution < -0.4 is 10.6 Å². The van der Waals surface area contributed by atoms with Gasteiger partial charge in [-0.05, 0) is 44.2 Å². The maximum Gasteiger partial charge on any atom is 0.235 e. The minimum Gasteiger partial charge on any atom is -0.339 e. The summed E-state index contributed by atoms with van der Waals surface area (Å²) >= 11 is 0. The number of nitrogens with zero attached hydrogens (tertiary/aromatic N) is 1. The molecule has 2 heterocycles. The lowest BCUT2D eigenvalue weighted by Crippen LogP contribution is -2.51. The molecule has 2 aliphatic heterocycles. The average Bonchev–Trinajstić information content (AvgIpc) is 3.05. The summed E-state index contributed by atoms with van der Waals surface area (Å²) in [6, 6.07) is 0.527. The van der Waals surface area contributed by atoms with E-state index < -0.39 is 5.54 Å². The molecule has 118 valence electrons. The Kier molecular flexibility index (Phi) is 5.29. The van der Waals surface area contributed by atoms with Crippen molar-refractivity contribution in [2.45, 2.75) is 51.6 Å². The Labute approximate surface area is 129 Å². The summed E-state index contributed by atoms with van der Waals surface area (Å²) in [5.74, 6) is 4.26. The number of fused-ring (bicyclic) bond motifs is 1. The van der Waals surface area contributed by atoms with Crippen LogP contribution >= 0.6 is 0 Å². The zero-order valence-corrected chi connectivity index (χ0v) is 13.6. The monoisotopic (exact) mass is 291 g/mol. The molecule has 0 aromatic carbocycles. The van der Waals surface area contributed by atoms with E-state index in [1.165, 1.54) is 0 Å². The Morgan fingerprint density at radius 3 is 2.67 bits per heavy atom. The van der Waals surface area contributed by atoms with Gasteiger partial charge >= 0.3 is 0 Å². The van der Waals surface area contributed by atoms with Crippen LogP contribution in [0.4, 0.5) is 0 Å². The quantitative estimate of drug-likeness (QED) is 0.723. The molecule has 0 aromatic heterocycles. The van der Waals surface area contributed by atoms with Crippen molar-refractivity contribution < 1.29 is 4.79 Å². The average molecular weight is 291 g/mol. The number of likely N-dealkylation sites (tertiary alicyclic amines) is 1. The molecule has 1 amide bonds. The van der Waals surface area contributed by atoms with E-state index in [1.807, 2.05) is 13.8 Å². The number of hydrogen-bond acceptors (Lipinski definition) is 3. The molecule has 0 aromatic rings. The molecule has 0 aliphatic carbocycles. The molecule has 4 heteroatoms. The maximum atomic E-state index is 12.4. The molecule has 21 heavy (non-hydrogen) atoms. The van der Waals surface area contributed by atoms with Crippen LogP contribution in [0.15, 0.2) is 0 Å². The van der Waals surface area contributed by atoms with Gasteiger partial charge < -0.3 is 10.6 Å². The van der Waals surface area contributed by atoms with Gasteiger partial charge in [0.2, 0.25) is 5.91 Å². The summed E-state index contributed by atoms with van der Waals surface area (Å²) in [6.07, 6.45) is 8.29. The fourth-order valence-electron chi connectivity index (χ4n) is 4.01. The number of amides is 1. The van der Waals surface area contributed by atoms with Gasteiger partial charge in [-0.15, -0.1) is 6.42 Å². The zero-order chi connectivity index (χ0) is 15.5. The van der Waals surface area contributed by atoms with Gasteiger partial charge in [0.1, 0.15) is 5.54 Å². The van der Waals surface area contributed by atoms with Crippen LogP contribution in [-0.4, -0.2) is 48.6 Å². The van der Waals surface area contributed by atoms with Crippen molar-refractivity contribution in [3.63, 3.8) is 0 Å². The molecule has 2 rings (SSSR count). The Morgan fingerprint density at radius 1 is 1.38 bits per heavy atom. The number of rotatable bonds is 6. The van der Waals surface area contributed by atoms with E-state index in [2.05, 4.69) is 28.4 Å². The van der Waals surface area contributed by atoms with Crippen LogP contribution in [0, 0.1) is 24.2 Å². The number of carbonyl (C=O) groups excluding carboxylic acids is 1. The highest BCUT2D eigenvalue weighted by atomic mass is 16.2. The third-order valence-electron chi connectivity index (χ3n) is 5.45. The maximum absolute atomic E-state index is 12.4. The molecule has 3 atom stereocenters. The van der Waals surface area contributed by atoms with Crippen molar-refractivity contribution in [1.82, 2.24) is 15.5 Å². The lowest BCUT2D eigenvalue weighted by Gasteiger charge is -2.30. The number of hydrogen-bond donors (Lipinski definition) is 2. The predicted molar refractivity (Wildman–Crippen MR) is 85.8 cm³/mol. The second kappa shape index (κ2) is 6.81. The number of nitrogens with one attached hydrogen (secondary N) is 2. The Balaban J connectivity index is 1.95. The third kappa shape index (κ3) is 3.25. The van der Waals surface area contributed by atoms with E-state index in [4.69, 9.17) is 6.42 Å². The van der Waals surface area contributed by atoms with Gasteiger partial charge in [-0.1, -0.05) is 26.7 Å². The topological polar surface area (TPSA) is 44.4 Å². The Hall–Kier alpha value is -1.05. The van der Waals surface area contributed by atoms with Crippen molar-refractivity contribution in [3.8, 4) is 12.3 Å². The summed E-state index contributed by atoms with van der Waals surface area (Å²) in [7, 11) is 0. The first kappa shape index (κ1) is 16.3. The standard InChI is InChI=1S/C17H29N3O/c1-5-15-14-10-18-9-13(14)11-20(15)12-16(21)19-17(6-2,7-3)8-4/h2,13-15,18H,5,7-12H2,1,3-4H3,(H,19,21). The molecular weight excluding hydrogens is 262 g/mol. The normalized spacial score (nSPS) is 29.1. The molecule has 3 unspecified atom stereocenters. The first-order valence-electron chi connectivity index (χ1n) is 8.32. The van der Waals surface area contributed by atoms with Gasteiger partial charge in [0.05, 0.1) is 6.54 Å². The molecule has 0 spiro atoms. The predicted octanol–water partition coefficient (Wildman–Crippen LogP) is 1.22. The summed E-state index contributed by atoms with van der Waals surface area (Å²) in [5.41, 5.74) is -0.476. The zero-order valence-electron chi connectivity index (χ0n) is 13.6. The molecule has 0 radical (unpaired) electrons. The fraction of sp³-hybridized carbons (Fsp3) is 0.824. The lowest BCUT2D eigenvalue weighted by atomic mass is 9.93. The van der Waals surface area contributed by atoms with E-state index >= 15 is 0 Å². The van der Waals surface area contributed by atoms with Gasteiger partial charge in [0.15, 0.2) is 0 Å². The Bertz CT molecular complexity index is 411. The highest BCUT2D eigenvalue weighted by molar-refractivity contribution is 5.79. The minimum atomic E-state index is -0.476. The Morgan fingerprint density at radius 2 is 2.10 bits per heavy atom. The van der Waals surface area contributed by atoms with Gasteiger partial charge in [-0.25, -0.2) is 0 Å². The van der Waals surface area contributed by atoms with Crippen LogP contribution in [0.25, 0.3) is 0 Å². The first-order valence-corrected chi connectivity index (χ1v) is 8.32. The van der Waals surface area contributed by atoms with Crippen molar-refractivity contribution in [3.05, 3.63) is 0 Å². The summed E-state index contributed by atoms with van der Waals surface area (Å²) < 4.78 is 0. The van der Waals surface area contributed by atoms with Gasteiger partial charge in [0, 0.05) is 12.6 Å². The van der Waals surface area contributed by atoms with E-state index in [-0.39, 0.29) is 5.91 Å². The summed E-state index contributed by atoms with van der Waals surface area (Å²) in [4.78, 5) is 14.8. The van der Waals surface area contributed by atoms with Gasteiger partial charge in [-0.3, -0.25) is 9.69 Å². The molecule has 4 nitrogen and oxygen atoms in total. The highest BCUT2D eigenvalue weighted by Crippen LogP contribution is 2.33. The van der Waals surface area contributed by atoms with Gasteiger partial charge in [0.25, 0.3) is 0 Å². The minimum absolute atomic E-state index is 0.0723. The SMILES string of the molecule is C#CC(CC)(CC)NC(=O)CN1CC2CNCC2C1CC. The lowest BCUT2D eigenvalue weighted by molar-refractivity contribution is -0.124. The fourth-order valence-corrected chi connectivity index (χ4v) is 4.01. The molecule has 2 saturated heterocycles. The second-order valence-corrected chi connectivity index (χ2v) is 6.47. The van der Waals surface area contributed by atoms with Crippen LogP contribution in [0.1, 0.15) is 40.0 Å². The van der Waals surface area contributed by atoms with E-state index in [1.54, 1.807) is 0 Å². The van der Waals surface area contributed by atoms with Crippen molar-refractivity contribution in [1.29, 1.82) is 0 Å². The van der Waals surface area contributed by atoms with Crippen LogP contribution in [0.5, 0.6) is 0 Å². The van der Waals surface area contributed by atoms with Crippen LogP contribution in [-0.2, 0) is 4.79 Å². The van der Waals surface area contributed by atoms with Crippen LogP contribution in [0.3, 0.4) is 0 Å². The van der Waals surface area contributed by atoms with Crippen molar-refractivity contribution >= 4 is 5.91 Å². The first-order chi connectivity index (χ1) is 10.1. The van der Waals surface area contributed by atoms with E-state index in [9.17, 15) is 4.79 Å². The van der Waals surface area contributed by atoms with E-state index in [0.717, 1.165) is 38.9 Å².